The minimum Gasteiger partial charge on any atom is -0.494 e. The van der Waals surface area contributed by atoms with E-state index in [1.807, 2.05) is 29.1 Å². The second-order valence-electron chi connectivity index (χ2n) is 15.3. The molecule has 0 spiro atoms. The van der Waals surface area contributed by atoms with Crippen molar-refractivity contribution in [1.29, 1.82) is 0 Å². The van der Waals surface area contributed by atoms with E-state index in [1.54, 1.807) is 28.3 Å². The summed E-state index contributed by atoms with van der Waals surface area (Å²) in [6.45, 7) is 2.71. The molecule has 1 atom stereocenters. The summed E-state index contributed by atoms with van der Waals surface area (Å²) in [7, 11) is 5.44. The molecule has 0 bridgehead atoms. The van der Waals surface area contributed by atoms with Crippen LogP contribution in [0.5, 0.6) is 5.75 Å². The van der Waals surface area contributed by atoms with Crippen molar-refractivity contribution in [2.45, 2.75) is 69.5 Å². The van der Waals surface area contributed by atoms with Gasteiger partial charge >= 0.3 is 5.69 Å². The van der Waals surface area contributed by atoms with Gasteiger partial charge in [0, 0.05) is 62.9 Å². The number of aryl methyl sites for hydroxylation is 1. The summed E-state index contributed by atoms with van der Waals surface area (Å²) in [5, 5.41) is 10.7. The summed E-state index contributed by atoms with van der Waals surface area (Å²) < 4.78 is 38.2. The zero-order chi connectivity index (χ0) is 39.2. The minimum atomic E-state index is -1.05. The van der Waals surface area contributed by atoms with Crippen LogP contribution in [0.15, 0.2) is 53.6 Å². The molecular weight excluding hydrogens is 724 g/mol. The van der Waals surface area contributed by atoms with Crippen molar-refractivity contribution in [2.24, 2.45) is 13.0 Å². The number of rotatable bonds is 9. The molecule has 294 valence electrons. The largest absolute Gasteiger partial charge is 0.494 e. The number of nitrogens with one attached hydrogen (secondary N) is 2. The molecular formula is C40H45F2N9O5. The maximum Gasteiger partial charge on any atom is 0.329 e. The van der Waals surface area contributed by atoms with E-state index in [4.69, 9.17) is 9.84 Å². The molecule has 2 aromatic carbocycles. The first-order valence-corrected chi connectivity index (χ1v) is 19.2. The predicted octanol–water partition coefficient (Wildman–Crippen LogP) is 4.93. The lowest BCUT2D eigenvalue weighted by molar-refractivity contribution is -0.135. The number of imide groups is 1. The van der Waals surface area contributed by atoms with Gasteiger partial charge in [-0.25, -0.2) is 18.6 Å². The highest BCUT2D eigenvalue weighted by Gasteiger charge is 2.33. The van der Waals surface area contributed by atoms with Crippen molar-refractivity contribution in [3.05, 3.63) is 76.6 Å². The van der Waals surface area contributed by atoms with Crippen LogP contribution < -0.4 is 26.0 Å². The second-order valence-corrected chi connectivity index (χ2v) is 15.3. The van der Waals surface area contributed by atoms with E-state index in [0.29, 0.717) is 46.9 Å². The Morgan fingerprint density at radius 1 is 1.04 bits per heavy atom. The van der Waals surface area contributed by atoms with Crippen molar-refractivity contribution in [3.63, 3.8) is 0 Å². The molecule has 2 aliphatic heterocycles. The van der Waals surface area contributed by atoms with Gasteiger partial charge in [0.1, 0.15) is 17.6 Å². The molecule has 3 aliphatic rings. The van der Waals surface area contributed by atoms with Crippen molar-refractivity contribution >= 4 is 51.0 Å². The molecule has 5 heterocycles. The number of halogens is 2. The number of hydrogen-bond acceptors (Lipinski definition) is 9. The third-order valence-corrected chi connectivity index (χ3v) is 11.9. The molecule has 3 aromatic heterocycles. The molecule has 1 saturated carbocycles. The summed E-state index contributed by atoms with van der Waals surface area (Å²) >= 11 is 0. The van der Waals surface area contributed by atoms with Crippen LogP contribution in [0.4, 0.5) is 20.2 Å². The Morgan fingerprint density at radius 2 is 1.80 bits per heavy atom. The van der Waals surface area contributed by atoms with E-state index in [1.165, 1.54) is 7.11 Å². The van der Waals surface area contributed by atoms with Crippen LogP contribution in [0.2, 0.25) is 0 Å². The molecule has 14 nitrogen and oxygen atoms in total. The van der Waals surface area contributed by atoms with E-state index in [0.717, 1.165) is 80.9 Å². The number of carbonyl (C=O) groups is 3. The molecule has 1 aliphatic carbocycles. The fourth-order valence-corrected chi connectivity index (χ4v) is 8.89. The lowest BCUT2D eigenvalue weighted by Gasteiger charge is -2.40. The first kappa shape index (κ1) is 37.3. The number of piperidine rings is 2. The topological polar surface area (TPSA) is 149 Å². The third kappa shape index (κ3) is 7.01. The van der Waals surface area contributed by atoms with Gasteiger partial charge in [-0.2, -0.15) is 5.10 Å². The number of fused-ring (bicyclic) bond motifs is 2. The maximum absolute atomic E-state index is 14.2. The highest BCUT2D eigenvalue weighted by molar-refractivity contribution is 6.05. The molecule has 56 heavy (non-hydrogen) atoms. The van der Waals surface area contributed by atoms with Crippen LogP contribution in [0, 0.1) is 17.6 Å². The van der Waals surface area contributed by atoms with Crippen molar-refractivity contribution < 1.29 is 27.9 Å². The number of imidazole rings is 1. The summed E-state index contributed by atoms with van der Waals surface area (Å²) in [6, 6.07) is 9.92. The second kappa shape index (κ2) is 15.1. The van der Waals surface area contributed by atoms with Gasteiger partial charge in [0.15, 0.2) is 11.5 Å². The van der Waals surface area contributed by atoms with Crippen molar-refractivity contribution in [3.8, 4) is 5.75 Å². The lowest BCUT2D eigenvalue weighted by Crippen LogP contribution is -2.45. The molecule has 3 amide bonds. The quantitative estimate of drug-likeness (QED) is 0.199. The maximum atomic E-state index is 14.2. The standard InChI is InChI=1S/C40H45F2N9O5/c1-47(26-13-15-49(16-14-26)31-5-4-6-32-37(31)48(2)40(55)51(32)33-11-12-35(52)45-38(33)53)21-23-7-9-27(10-8-23)50-22-24-17-30(34(56-3)19-29(24)46-50)44-39(54)36-28(42)18-25(41)20-43-36/h4-6,17-20,22-23,26-27,33H,7-16,21H2,1-3H3,(H,44,54)(H,45,52,53). The first-order valence-electron chi connectivity index (χ1n) is 19.2. The Hall–Kier alpha value is -5.64. The molecule has 1 unspecified atom stereocenters. The number of ether oxygens (including phenoxy) is 1. The smallest absolute Gasteiger partial charge is 0.329 e. The molecule has 16 heteroatoms. The van der Waals surface area contributed by atoms with Gasteiger partial charge in [-0.05, 0) is 76.1 Å². The van der Waals surface area contributed by atoms with Crippen LogP contribution in [-0.4, -0.2) is 86.4 Å². The SMILES string of the molecule is COc1cc2nn(C3CCC(CN(C)C4CCN(c5cccc6c5n(C)c(=O)n6C5CCC(=O)NC5=O)CC4)CC3)cc2cc1NC(=O)c1ncc(F)cc1F. The Bertz CT molecular complexity index is 2390. The van der Waals surface area contributed by atoms with Gasteiger partial charge < -0.3 is 19.9 Å². The number of nitrogens with zero attached hydrogens (tertiary/aromatic N) is 7. The number of anilines is 2. The van der Waals surface area contributed by atoms with E-state index in [9.17, 15) is 28.0 Å². The Kier molecular flexibility index (Phi) is 10.1. The predicted molar refractivity (Wildman–Crippen MR) is 206 cm³/mol. The monoisotopic (exact) mass is 769 g/mol. The number of carbonyl (C=O) groups excluding carboxylic acids is 3. The molecule has 5 aromatic rings. The van der Waals surface area contributed by atoms with Gasteiger partial charge in [0.25, 0.3) is 5.91 Å². The Labute approximate surface area is 321 Å². The summed E-state index contributed by atoms with van der Waals surface area (Å²) in [5.41, 5.74) is 2.76. The highest BCUT2D eigenvalue weighted by Crippen LogP contribution is 2.37. The normalized spacial score (nSPS) is 20.9. The number of pyridine rings is 1. The van der Waals surface area contributed by atoms with Gasteiger partial charge in [-0.3, -0.25) is 33.5 Å². The van der Waals surface area contributed by atoms with E-state index >= 15 is 0 Å². The molecule has 2 N–H and O–H groups in total. The van der Waals surface area contributed by atoms with E-state index < -0.39 is 35.2 Å². The van der Waals surface area contributed by atoms with Crippen molar-refractivity contribution in [1.82, 2.24) is 34.1 Å². The lowest BCUT2D eigenvalue weighted by atomic mass is 9.85. The number of para-hydroxylation sites is 1. The van der Waals surface area contributed by atoms with E-state index in [-0.39, 0.29) is 24.1 Å². The molecule has 2 saturated heterocycles. The molecule has 8 rings (SSSR count). The average molecular weight is 770 g/mol. The fourth-order valence-electron chi connectivity index (χ4n) is 8.89. The van der Waals surface area contributed by atoms with Crippen LogP contribution in [0.25, 0.3) is 21.9 Å². The highest BCUT2D eigenvalue weighted by atomic mass is 19.1. The fraction of sp³-hybridized carbons (Fsp3) is 0.450. The Balaban J connectivity index is 0.868. The van der Waals surface area contributed by atoms with Crippen molar-refractivity contribution in [2.75, 3.05) is 44.0 Å². The van der Waals surface area contributed by atoms with Gasteiger partial charge in [-0.1, -0.05) is 6.07 Å². The molecule has 3 fully saturated rings. The van der Waals surface area contributed by atoms with Gasteiger partial charge in [0.2, 0.25) is 11.8 Å². The van der Waals surface area contributed by atoms with Crippen LogP contribution in [-0.2, 0) is 16.6 Å². The number of aromatic nitrogens is 5. The average Bonchev–Trinajstić information content (AvgIpc) is 3.72. The van der Waals surface area contributed by atoms with Crippen LogP contribution >= 0.6 is 0 Å². The van der Waals surface area contributed by atoms with Gasteiger partial charge in [-0.15, -0.1) is 0 Å². The van der Waals surface area contributed by atoms with Gasteiger partial charge in [0.05, 0.1) is 47.3 Å². The minimum absolute atomic E-state index is 0.204. The van der Waals surface area contributed by atoms with Crippen LogP contribution in [0.3, 0.4) is 0 Å². The summed E-state index contributed by atoms with van der Waals surface area (Å²) in [6.07, 6.45) is 9.38. The zero-order valence-corrected chi connectivity index (χ0v) is 31.6. The third-order valence-electron chi connectivity index (χ3n) is 11.9. The van der Waals surface area contributed by atoms with Crippen LogP contribution in [0.1, 0.15) is 73.9 Å². The number of methoxy groups -OCH3 is 1. The number of amides is 3. The summed E-state index contributed by atoms with van der Waals surface area (Å²) in [5.74, 6) is -2.54. The molecule has 0 radical (unpaired) electrons. The number of hydrogen-bond donors (Lipinski definition) is 2. The zero-order valence-electron chi connectivity index (χ0n) is 31.6. The summed E-state index contributed by atoms with van der Waals surface area (Å²) in [4.78, 5) is 59.1. The van der Waals surface area contributed by atoms with E-state index in [2.05, 4.69) is 32.5 Å². The first-order chi connectivity index (χ1) is 27.0. The number of benzene rings is 2. The Morgan fingerprint density at radius 3 is 2.52 bits per heavy atom.